The van der Waals surface area contributed by atoms with Crippen LogP contribution in [-0.4, -0.2) is 20.9 Å². The van der Waals surface area contributed by atoms with Crippen LogP contribution in [-0.2, 0) is 0 Å². The van der Waals surface area contributed by atoms with Gasteiger partial charge in [0.1, 0.15) is 17.8 Å². The fraction of sp³-hybridized carbons (Fsp3) is 0. The SMILES string of the molecule is O=C(Nc1cccc(Nc2ncnc3ccccc23)c1)c1ccc[nH]1. The Labute approximate surface area is 144 Å². The van der Waals surface area contributed by atoms with Gasteiger partial charge in [0.15, 0.2) is 0 Å². The Morgan fingerprint density at radius 3 is 2.68 bits per heavy atom. The van der Waals surface area contributed by atoms with Crippen molar-refractivity contribution in [2.75, 3.05) is 10.6 Å². The zero-order valence-electron chi connectivity index (χ0n) is 13.2. The van der Waals surface area contributed by atoms with Gasteiger partial charge in [-0.25, -0.2) is 9.97 Å². The van der Waals surface area contributed by atoms with E-state index in [0.717, 1.165) is 22.4 Å². The Bertz CT molecular complexity index is 1020. The van der Waals surface area contributed by atoms with Gasteiger partial charge in [0.25, 0.3) is 5.91 Å². The van der Waals surface area contributed by atoms with Gasteiger partial charge < -0.3 is 15.6 Å². The number of hydrogen-bond donors (Lipinski definition) is 3. The van der Waals surface area contributed by atoms with E-state index >= 15 is 0 Å². The lowest BCUT2D eigenvalue weighted by Gasteiger charge is -2.10. The highest BCUT2D eigenvalue weighted by atomic mass is 16.1. The maximum Gasteiger partial charge on any atom is 0.272 e. The summed E-state index contributed by atoms with van der Waals surface area (Å²) in [5.41, 5.74) is 2.91. The second kappa shape index (κ2) is 6.45. The highest BCUT2D eigenvalue weighted by molar-refractivity contribution is 6.03. The van der Waals surface area contributed by atoms with Crippen LogP contribution in [0.1, 0.15) is 10.5 Å². The molecule has 2 heterocycles. The number of hydrogen-bond acceptors (Lipinski definition) is 4. The van der Waals surface area contributed by atoms with Gasteiger partial charge in [-0.05, 0) is 42.5 Å². The maximum absolute atomic E-state index is 12.1. The van der Waals surface area contributed by atoms with Crippen LogP contribution in [0.15, 0.2) is 73.2 Å². The molecule has 4 rings (SSSR count). The molecule has 6 heteroatoms. The van der Waals surface area contributed by atoms with Crippen molar-refractivity contribution in [2.24, 2.45) is 0 Å². The lowest BCUT2D eigenvalue weighted by Crippen LogP contribution is -2.12. The van der Waals surface area contributed by atoms with E-state index in [2.05, 4.69) is 25.6 Å². The first-order valence-corrected chi connectivity index (χ1v) is 7.81. The number of carbonyl (C=O) groups excluding carboxylic acids is 1. The molecule has 2 aromatic carbocycles. The summed E-state index contributed by atoms with van der Waals surface area (Å²) in [5.74, 6) is 0.535. The molecule has 0 aliphatic carbocycles. The van der Waals surface area contributed by atoms with Crippen molar-refractivity contribution in [3.05, 3.63) is 78.9 Å². The Morgan fingerprint density at radius 2 is 1.80 bits per heavy atom. The van der Waals surface area contributed by atoms with Crippen LogP contribution in [0.3, 0.4) is 0 Å². The van der Waals surface area contributed by atoms with Crippen molar-refractivity contribution in [2.45, 2.75) is 0 Å². The van der Waals surface area contributed by atoms with Crippen LogP contribution in [0.25, 0.3) is 10.9 Å². The minimum Gasteiger partial charge on any atom is -0.357 e. The van der Waals surface area contributed by atoms with E-state index in [4.69, 9.17) is 0 Å². The molecule has 6 nitrogen and oxygen atoms in total. The third-order valence-electron chi connectivity index (χ3n) is 3.77. The highest BCUT2D eigenvalue weighted by Crippen LogP contribution is 2.24. The largest absolute Gasteiger partial charge is 0.357 e. The van der Waals surface area contributed by atoms with Crippen molar-refractivity contribution < 1.29 is 4.79 Å². The summed E-state index contributed by atoms with van der Waals surface area (Å²) in [5, 5.41) is 7.09. The van der Waals surface area contributed by atoms with Gasteiger partial charge in [0.05, 0.1) is 5.52 Å². The van der Waals surface area contributed by atoms with E-state index in [1.54, 1.807) is 18.3 Å². The van der Waals surface area contributed by atoms with Gasteiger partial charge in [-0.1, -0.05) is 18.2 Å². The van der Waals surface area contributed by atoms with Crippen molar-refractivity contribution in [3.63, 3.8) is 0 Å². The number of H-pyrrole nitrogens is 1. The lowest BCUT2D eigenvalue weighted by molar-refractivity contribution is 0.102. The van der Waals surface area contributed by atoms with Gasteiger partial charge in [0.2, 0.25) is 0 Å². The molecule has 0 radical (unpaired) electrons. The predicted molar refractivity (Wildman–Crippen MR) is 98.0 cm³/mol. The standard InChI is InChI=1S/C19H15N5O/c25-19(17-9-4-10-20-17)24-14-6-3-5-13(11-14)23-18-15-7-1-2-8-16(15)21-12-22-18/h1-12,20H,(H,24,25)(H,21,22,23). The quantitative estimate of drug-likeness (QED) is 0.529. The molecule has 122 valence electrons. The van der Waals surface area contributed by atoms with Crippen molar-refractivity contribution in [1.82, 2.24) is 15.0 Å². The summed E-state index contributed by atoms with van der Waals surface area (Å²) in [7, 11) is 0. The van der Waals surface area contributed by atoms with Crippen LogP contribution < -0.4 is 10.6 Å². The number of amides is 1. The van der Waals surface area contributed by atoms with Gasteiger partial charge in [-0.3, -0.25) is 4.79 Å². The van der Waals surface area contributed by atoms with E-state index in [1.165, 1.54) is 6.33 Å². The Balaban J connectivity index is 1.58. The molecule has 3 N–H and O–H groups in total. The van der Waals surface area contributed by atoms with Crippen molar-refractivity contribution in [1.29, 1.82) is 0 Å². The zero-order chi connectivity index (χ0) is 17.1. The number of aromatic nitrogens is 3. The summed E-state index contributed by atoms with van der Waals surface area (Å²) in [4.78, 5) is 23.6. The molecule has 1 amide bonds. The summed E-state index contributed by atoms with van der Waals surface area (Å²) >= 11 is 0. The number of para-hydroxylation sites is 1. The molecule has 0 saturated carbocycles. The Kier molecular flexibility index (Phi) is 3.84. The lowest BCUT2D eigenvalue weighted by atomic mass is 10.2. The number of nitrogens with zero attached hydrogens (tertiary/aromatic N) is 2. The van der Waals surface area contributed by atoms with Crippen LogP contribution in [0, 0.1) is 0 Å². The van der Waals surface area contributed by atoms with E-state index < -0.39 is 0 Å². The van der Waals surface area contributed by atoms with Gasteiger partial charge >= 0.3 is 0 Å². The summed E-state index contributed by atoms with van der Waals surface area (Å²) in [6.07, 6.45) is 3.24. The van der Waals surface area contributed by atoms with E-state index in [0.29, 0.717) is 11.4 Å². The Morgan fingerprint density at radius 1 is 0.920 bits per heavy atom. The third-order valence-corrected chi connectivity index (χ3v) is 3.77. The molecular formula is C19H15N5O. The number of rotatable bonds is 4. The molecule has 0 aliphatic heterocycles. The fourth-order valence-corrected chi connectivity index (χ4v) is 2.59. The third kappa shape index (κ3) is 3.18. The van der Waals surface area contributed by atoms with Gasteiger partial charge in [-0.15, -0.1) is 0 Å². The van der Waals surface area contributed by atoms with E-state index in [-0.39, 0.29) is 5.91 Å². The number of benzene rings is 2. The minimum atomic E-state index is -0.186. The molecule has 0 fully saturated rings. The maximum atomic E-state index is 12.1. The van der Waals surface area contributed by atoms with Crippen LogP contribution in [0.2, 0.25) is 0 Å². The minimum absolute atomic E-state index is 0.186. The van der Waals surface area contributed by atoms with Crippen LogP contribution in [0.5, 0.6) is 0 Å². The number of nitrogens with one attached hydrogen (secondary N) is 3. The first-order valence-electron chi connectivity index (χ1n) is 7.81. The normalized spacial score (nSPS) is 10.6. The van der Waals surface area contributed by atoms with Crippen molar-refractivity contribution in [3.8, 4) is 0 Å². The molecule has 2 aromatic heterocycles. The molecule has 0 spiro atoms. The number of aromatic amines is 1. The second-order valence-electron chi connectivity index (χ2n) is 5.48. The molecule has 0 bridgehead atoms. The first-order chi connectivity index (χ1) is 12.3. The monoisotopic (exact) mass is 329 g/mol. The average Bonchev–Trinajstić information content (AvgIpc) is 3.17. The van der Waals surface area contributed by atoms with Crippen LogP contribution >= 0.6 is 0 Å². The van der Waals surface area contributed by atoms with Gasteiger partial charge in [-0.2, -0.15) is 0 Å². The number of fused-ring (bicyclic) bond motifs is 1. The average molecular weight is 329 g/mol. The molecule has 0 aliphatic rings. The first kappa shape index (κ1) is 14.9. The smallest absolute Gasteiger partial charge is 0.272 e. The van der Waals surface area contributed by atoms with Gasteiger partial charge in [0, 0.05) is 23.0 Å². The number of anilines is 3. The topological polar surface area (TPSA) is 82.7 Å². The van der Waals surface area contributed by atoms with Crippen LogP contribution in [0.4, 0.5) is 17.2 Å². The van der Waals surface area contributed by atoms with E-state index in [9.17, 15) is 4.79 Å². The molecule has 4 aromatic rings. The van der Waals surface area contributed by atoms with Crippen molar-refractivity contribution >= 4 is 34.0 Å². The summed E-state index contributed by atoms with van der Waals surface area (Å²) in [6, 6.07) is 18.8. The summed E-state index contributed by atoms with van der Waals surface area (Å²) < 4.78 is 0. The molecule has 25 heavy (non-hydrogen) atoms. The molecule has 0 atom stereocenters. The predicted octanol–water partition coefficient (Wildman–Crippen LogP) is 3.95. The summed E-state index contributed by atoms with van der Waals surface area (Å²) in [6.45, 7) is 0. The molecular weight excluding hydrogens is 314 g/mol. The molecule has 0 saturated heterocycles. The highest BCUT2D eigenvalue weighted by Gasteiger charge is 2.08. The fourth-order valence-electron chi connectivity index (χ4n) is 2.59. The Hall–Kier alpha value is -3.67. The van der Waals surface area contributed by atoms with E-state index in [1.807, 2.05) is 48.5 Å². The second-order valence-corrected chi connectivity index (χ2v) is 5.48. The zero-order valence-corrected chi connectivity index (χ0v) is 13.2. The molecule has 0 unspecified atom stereocenters. The number of carbonyl (C=O) groups is 1.